The van der Waals surface area contributed by atoms with Crippen molar-refractivity contribution in [1.29, 1.82) is 0 Å². The molecule has 0 aromatic rings. The highest BCUT2D eigenvalue weighted by Gasteiger charge is 2.27. The molecule has 2 unspecified atom stereocenters. The number of carbonyl (C=O) groups is 1. The molecule has 2 atom stereocenters. The SMILES string of the molecule is CC1NCCN(C(=O)CCN)C1C.Cl. The molecule has 5 heteroatoms. The van der Waals surface area contributed by atoms with Crippen LogP contribution in [0.3, 0.4) is 0 Å². The summed E-state index contributed by atoms with van der Waals surface area (Å²) in [4.78, 5) is 13.5. The van der Waals surface area contributed by atoms with E-state index < -0.39 is 0 Å². The predicted octanol–water partition coefficient (Wildman–Crippen LogP) is -0.0342. The lowest BCUT2D eigenvalue weighted by Crippen LogP contribution is -2.57. The van der Waals surface area contributed by atoms with Crippen molar-refractivity contribution in [3.63, 3.8) is 0 Å². The second kappa shape index (κ2) is 6.22. The zero-order chi connectivity index (χ0) is 9.84. The normalized spacial score (nSPS) is 26.9. The number of amides is 1. The maximum atomic E-state index is 11.6. The van der Waals surface area contributed by atoms with E-state index in [1.54, 1.807) is 0 Å². The molecule has 0 saturated carbocycles. The fraction of sp³-hybridized carbons (Fsp3) is 0.889. The Kier molecular flexibility index (Phi) is 6.08. The van der Waals surface area contributed by atoms with Crippen molar-refractivity contribution >= 4 is 18.3 Å². The molecule has 1 aliphatic rings. The van der Waals surface area contributed by atoms with Gasteiger partial charge in [-0.2, -0.15) is 0 Å². The van der Waals surface area contributed by atoms with Crippen molar-refractivity contribution in [2.75, 3.05) is 19.6 Å². The van der Waals surface area contributed by atoms with E-state index in [2.05, 4.69) is 19.2 Å². The van der Waals surface area contributed by atoms with E-state index in [0.29, 0.717) is 19.0 Å². The number of piperazine rings is 1. The Morgan fingerprint density at radius 3 is 2.79 bits per heavy atom. The van der Waals surface area contributed by atoms with E-state index in [0.717, 1.165) is 13.1 Å². The van der Waals surface area contributed by atoms with Crippen LogP contribution in [0.5, 0.6) is 0 Å². The topological polar surface area (TPSA) is 58.4 Å². The minimum atomic E-state index is 0. The third-order valence-electron chi connectivity index (χ3n) is 2.71. The molecule has 84 valence electrons. The number of nitrogens with one attached hydrogen (secondary N) is 1. The van der Waals surface area contributed by atoms with Gasteiger partial charge >= 0.3 is 0 Å². The number of carbonyl (C=O) groups excluding carboxylic acids is 1. The first-order valence-corrected chi connectivity index (χ1v) is 4.89. The summed E-state index contributed by atoms with van der Waals surface area (Å²) in [7, 11) is 0. The molecule has 0 aromatic carbocycles. The quantitative estimate of drug-likeness (QED) is 0.689. The monoisotopic (exact) mass is 221 g/mol. The number of rotatable bonds is 2. The van der Waals surface area contributed by atoms with Gasteiger partial charge in [-0.3, -0.25) is 4.79 Å². The lowest BCUT2D eigenvalue weighted by atomic mass is 10.1. The molecule has 0 aliphatic carbocycles. The summed E-state index contributed by atoms with van der Waals surface area (Å²) in [5.41, 5.74) is 5.35. The van der Waals surface area contributed by atoms with E-state index in [1.165, 1.54) is 0 Å². The predicted molar refractivity (Wildman–Crippen MR) is 59.6 cm³/mol. The van der Waals surface area contributed by atoms with Crippen molar-refractivity contribution in [1.82, 2.24) is 10.2 Å². The molecule has 1 heterocycles. The fourth-order valence-electron chi connectivity index (χ4n) is 1.68. The van der Waals surface area contributed by atoms with E-state index in [9.17, 15) is 4.79 Å². The molecule has 14 heavy (non-hydrogen) atoms. The average Bonchev–Trinajstić information content (AvgIpc) is 2.10. The first-order chi connectivity index (χ1) is 6.16. The Morgan fingerprint density at radius 1 is 1.57 bits per heavy atom. The Morgan fingerprint density at radius 2 is 2.21 bits per heavy atom. The van der Waals surface area contributed by atoms with Crippen LogP contribution in [0.2, 0.25) is 0 Å². The maximum absolute atomic E-state index is 11.6. The summed E-state index contributed by atoms with van der Waals surface area (Å²) in [6.45, 7) is 6.33. The summed E-state index contributed by atoms with van der Waals surface area (Å²) in [5, 5.41) is 3.33. The lowest BCUT2D eigenvalue weighted by molar-refractivity contribution is -0.134. The Balaban J connectivity index is 0.00000169. The summed E-state index contributed by atoms with van der Waals surface area (Å²) in [5.74, 6) is 0.184. The number of hydrogen-bond donors (Lipinski definition) is 2. The molecule has 1 aliphatic heterocycles. The summed E-state index contributed by atoms with van der Waals surface area (Å²) >= 11 is 0. The minimum Gasteiger partial charge on any atom is -0.337 e. The van der Waals surface area contributed by atoms with Crippen LogP contribution in [0, 0.1) is 0 Å². The van der Waals surface area contributed by atoms with Crippen molar-refractivity contribution in [3.8, 4) is 0 Å². The zero-order valence-corrected chi connectivity index (χ0v) is 9.64. The van der Waals surface area contributed by atoms with Crippen LogP contribution in [-0.2, 0) is 4.79 Å². The Bertz CT molecular complexity index is 189. The Labute approximate surface area is 91.6 Å². The average molecular weight is 222 g/mol. The third-order valence-corrected chi connectivity index (χ3v) is 2.71. The standard InChI is InChI=1S/C9H19N3O.ClH/c1-7-8(2)12(6-5-11-7)9(13)3-4-10;/h7-8,11H,3-6,10H2,1-2H3;1H. The van der Waals surface area contributed by atoms with Crippen LogP contribution >= 0.6 is 12.4 Å². The zero-order valence-electron chi connectivity index (χ0n) is 8.82. The molecule has 0 bridgehead atoms. The van der Waals surface area contributed by atoms with Gasteiger partial charge < -0.3 is 16.0 Å². The molecule has 1 fully saturated rings. The van der Waals surface area contributed by atoms with Gasteiger partial charge in [0.15, 0.2) is 0 Å². The van der Waals surface area contributed by atoms with E-state index >= 15 is 0 Å². The molecule has 0 radical (unpaired) electrons. The van der Waals surface area contributed by atoms with Gasteiger partial charge in [0.05, 0.1) is 0 Å². The first kappa shape index (κ1) is 13.7. The highest BCUT2D eigenvalue weighted by Crippen LogP contribution is 2.09. The molecule has 1 amide bonds. The van der Waals surface area contributed by atoms with Gasteiger partial charge in [-0.25, -0.2) is 0 Å². The molecule has 4 nitrogen and oxygen atoms in total. The number of nitrogens with zero attached hydrogens (tertiary/aromatic N) is 1. The smallest absolute Gasteiger partial charge is 0.224 e. The second-order valence-corrected chi connectivity index (χ2v) is 3.61. The van der Waals surface area contributed by atoms with Gasteiger partial charge in [-0.05, 0) is 13.8 Å². The van der Waals surface area contributed by atoms with Gasteiger partial charge in [0.2, 0.25) is 5.91 Å². The maximum Gasteiger partial charge on any atom is 0.224 e. The van der Waals surface area contributed by atoms with Crippen LogP contribution < -0.4 is 11.1 Å². The summed E-state index contributed by atoms with van der Waals surface area (Å²) in [6.07, 6.45) is 0.469. The molecule has 1 rings (SSSR count). The highest BCUT2D eigenvalue weighted by molar-refractivity contribution is 5.85. The molecular weight excluding hydrogens is 202 g/mol. The summed E-state index contributed by atoms with van der Waals surface area (Å²) in [6, 6.07) is 0.670. The van der Waals surface area contributed by atoms with Gasteiger partial charge in [-0.1, -0.05) is 0 Å². The first-order valence-electron chi connectivity index (χ1n) is 4.89. The molecule has 0 spiro atoms. The van der Waals surface area contributed by atoms with Crippen LogP contribution in [-0.4, -0.2) is 42.5 Å². The van der Waals surface area contributed by atoms with Gasteiger partial charge in [0.25, 0.3) is 0 Å². The molecule has 0 aromatic heterocycles. The number of nitrogens with two attached hydrogens (primary N) is 1. The molecule has 3 N–H and O–H groups in total. The largest absolute Gasteiger partial charge is 0.337 e. The van der Waals surface area contributed by atoms with Crippen molar-refractivity contribution in [2.45, 2.75) is 32.4 Å². The van der Waals surface area contributed by atoms with Crippen LogP contribution in [0.4, 0.5) is 0 Å². The van der Waals surface area contributed by atoms with E-state index in [-0.39, 0.29) is 24.4 Å². The van der Waals surface area contributed by atoms with Crippen LogP contribution in [0.1, 0.15) is 20.3 Å². The Hall–Kier alpha value is -0.320. The van der Waals surface area contributed by atoms with Crippen molar-refractivity contribution < 1.29 is 4.79 Å². The van der Waals surface area contributed by atoms with Gasteiger partial charge in [-0.15, -0.1) is 12.4 Å². The van der Waals surface area contributed by atoms with Crippen LogP contribution in [0.15, 0.2) is 0 Å². The number of halogens is 1. The lowest BCUT2D eigenvalue weighted by Gasteiger charge is -2.38. The van der Waals surface area contributed by atoms with E-state index in [1.807, 2.05) is 4.90 Å². The summed E-state index contributed by atoms with van der Waals surface area (Å²) < 4.78 is 0. The fourth-order valence-corrected chi connectivity index (χ4v) is 1.68. The molecule has 1 saturated heterocycles. The number of hydrogen-bond acceptors (Lipinski definition) is 3. The van der Waals surface area contributed by atoms with Crippen molar-refractivity contribution in [3.05, 3.63) is 0 Å². The van der Waals surface area contributed by atoms with Gasteiger partial charge in [0.1, 0.15) is 0 Å². The second-order valence-electron chi connectivity index (χ2n) is 3.61. The van der Waals surface area contributed by atoms with E-state index in [4.69, 9.17) is 5.73 Å². The third kappa shape index (κ3) is 3.12. The highest BCUT2D eigenvalue weighted by atomic mass is 35.5. The van der Waals surface area contributed by atoms with Gasteiger partial charge in [0, 0.05) is 38.1 Å². The minimum absolute atomic E-state index is 0. The van der Waals surface area contributed by atoms with Crippen LogP contribution in [0.25, 0.3) is 0 Å². The molecular formula is C9H20ClN3O. The van der Waals surface area contributed by atoms with Crippen molar-refractivity contribution in [2.24, 2.45) is 5.73 Å².